The monoisotopic (exact) mass is 424 g/mol. The second-order valence-electron chi connectivity index (χ2n) is 5.80. The van der Waals surface area contributed by atoms with E-state index in [2.05, 4.69) is 15.3 Å². The van der Waals surface area contributed by atoms with E-state index < -0.39 is 28.6 Å². The molecular weight excluding hydrogens is 414 g/mol. The van der Waals surface area contributed by atoms with Gasteiger partial charge in [-0.3, -0.25) is 4.68 Å². The Kier molecular flexibility index (Phi) is 5.13. The number of nitrogens with zero attached hydrogens (tertiary/aromatic N) is 4. The van der Waals surface area contributed by atoms with Gasteiger partial charge in [0.25, 0.3) is 0 Å². The molecule has 150 valence electrons. The zero-order chi connectivity index (χ0) is 20.7. The van der Waals surface area contributed by atoms with Crippen molar-refractivity contribution >= 4 is 11.6 Å². The van der Waals surface area contributed by atoms with E-state index in [1.807, 2.05) is 0 Å². The number of halogens is 7. The Morgan fingerprint density at radius 3 is 2.39 bits per heavy atom. The molecule has 1 aromatic carbocycles. The van der Waals surface area contributed by atoms with Gasteiger partial charge >= 0.3 is 12.4 Å². The maximum atomic E-state index is 12.8. The third-order valence-electron chi connectivity index (χ3n) is 3.84. The highest BCUT2D eigenvalue weighted by Crippen LogP contribution is 2.35. The smallest absolute Gasteiger partial charge is 0.421 e. The average Bonchev–Trinajstić information content (AvgIpc) is 3.18. The van der Waals surface area contributed by atoms with Crippen molar-refractivity contribution in [3.05, 3.63) is 52.1 Å². The predicted molar refractivity (Wildman–Crippen MR) is 85.4 cm³/mol. The number of benzene rings is 1. The summed E-state index contributed by atoms with van der Waals surface area (Å²) in [6.45, 7) is 1.35. The highest BCUT2D eigenvalue weighted by Gasteiger charge is 2.38. The minimum atomic E-state index is -4.69. The van der Waals surface area contributed by atoms with E-state index >= 15 is 0 Å². The lowest BCUT2D eigenvalue weighted by Gasteiger charge is -2.06. The van der Waals surface area contributed by atoms with Crippen molar-refractivity contribution in [3.63, 3.8) is 0 Å². The second-order valence-corrected chi connectivity index (χ2v) is 6.18. The number of alkyl halides is 6. The zero-order valence-corrected chi connectivity index (χ0v) is 14.8. The van der Waals surface area contributed by atoms with Gasteiger partial charge in [-0.2, -0.15) is 31.4 Å². The molecule has 0 amide bonds. The van der Waals surface area contributed by atoms with Crippen molar-refractivity contribution in [2.24, 2.45) is 0 Å². The van der Waals surface area contributed by atoms with Gasteiger partial charge in [0.1, 0.15) is 0 Å². The molecule has 2 heterocycles. The van der Waals surface area contributed by atoms with Crippen LogP contribution in [0.3, 0.4) is 0 Å². The van der Waals surface area contributed by atoms with Gasteiger partial charge < -0.3 is 4.42 Å². The first-order valence-corrected chi connectivity index (χ1v) is 8.14. The lowest BCUT2D eigenvalue weighted by Crippen LogP contribution is -2.10. The number of hydrogen-bond acceptors (Lipinski definition) is 4. The third-order valence-corrected chi connectivity index (χ3v) is 4.30. The quantitative estimate of drug-likeness (QED) is 0.542. The minimum absolute atomic E-state index is 0.0160. The molecule has 0 saturated carbocycles. The molecule has 0 aliphatic carbocycles. The van der Waals surface area contributed by atoms with Crippen LogP contribution in [-0.4, -0.2) is 20.0 Å². The van der Waals surface area contributed by atoms with E-state index in [9.17, 15) is 26.3 Å². The molecule has 0 bridgehead atoms. The summed E-state index contributed by atoms with van der Waals surface area (Å²) in [4.78, 5) is 0. The topological polar surface area (TPSA) is 56.7 Å². The first-order chi connectivity index (χ1) is 13.0. The Labute approximate surface area is 158 Å². The van der Waals surface area contributed by atoms with Crippen molar-refractivity contribution in [3.8, 4) is 11.5 Å². The lowest BCUT2D eigenvalue weighted by molar-refractivity contribution is -0.141. The maximum Gasteiger partial charge on any atom is 0.436 e. The average molecular weight is 425 g/mol. The largest absolute Gasteiger partial charge is 0.436 e. The maximum absolute atomic E-state index is 12.8. The molecule has 28 heavy (non-hydrogen) atoms. The molecule has 0 radical (unpaired) electrons. The highest BCUT2D eigenvalue weighted by molar-refractivity contribution is 6.31. The van der Waals surface area contributed by atoms with Crippen LogP contribution in [-0.2, 0) is 25.3 Å². The highest BCUT2D eigenvalue weighted by atomic mass is 35.5. The molecule has 0 aliphatic heterocycles. The fourth-order valence-electron chi connectivity index (χ4n) is 2.42. The van der Waals surface area contributed by atoms with E-state index in [-0.39, 0.29) is 36.0 Å². The zero-order valence-electron chi connectivity index (χ0n) is 14.1. The van der Waals surface area contributed by atoms with Gasteiger partial charge in [-0.1, -0.05) is 17.7 Å². The van der Waals surface area contributed by atoms with E-state index in [0.29, 0.717) is 0 Å². The molecule has 0 atom stereocenters. The van der Waals surface area contributed by atoms with Crippen molar-refractivity contribution in [1.82, 2.24) is 20.0 Å². The fourth-order valence-corrected chi connectivity index (χ4v) is 2.67. The van der Waals surface area contributed by atoms with Gasteiger partial charge in [-0.25, -0.2) is 0 Å². The molecule has 0 spiro atoms. The Bertz CT molecular complexity index is 992. The second kappa shape index (κ2) is 7.12. The van der Waals surface area contributed by atoms with E-state index in [1.54, 1.807) is 0 Å². The molecule has 3 aromatic rings. The van der Waals surface area contributed by atoms with Crippen molar-refractivity contribution in [2.75, 3.05) is 0 Å². The van der Waals surface area contributed by atoms with Gasteiger partial charge in [-0.15, -0.1) is 10.2 Å². The molecular formula is C16H11ClF6N4O. The first kappa shape index (κ1) is 20.2. The summed E-state index contributed by atoms with van der Waals surface area (Å²) < 4.78 is 83.2. The summed E-state index contributed by atoms with van der Waals surface area (Å²) >= 11 is 5.67. The Morgan fingerprint density at radius 2 is 1.79 bits per heavy atom. The molecule has 12 heteroatoms. The van der Waals surface area contributed by atoms with Gasteiger partial charge in [0.15, 0.2) is 5.69 Å². The summed E-state index contributed by atoms with van der Waals surface area (Å²) in [6, 6.07) is 4.35. The Morgan fingerprint density at radius 1 is 1.07 bits per heavy atom. The molecule has 0 N–H and O–H groups in total. The molecule has 3 rings (SSSR count). The summed E-state index contributed by atoms with van der Waals surface area (Å²) in [5.74, 6) is -0.0979. The van der Waals surface area contributed by atoms with E-state index in [1.165, 1.54) is 19.1 Å². The number of aryl methyl sites for hydroxylation is 2. The molecule has 0 saturated heterocycles. The van der Waals surface area contributed by atoms with Crippen molar-refractivity contribution < 1.29 is 30.8 Å². The summed E-state index contributed by atoms with van der Waals surface area (Å²) in [5.41, 5.74) is -1.87. The SMILES string of the molecule is Cc1c(Cl)c(C(F)(F)F)nn1CCc1nnc(-c2cccc(C(F)(F)F)c2)o1. The van der Waals surface area contributed by atoms with Crippen LogP contribution in [0.25, 0.3) is 11.5 Å². The van der Waals surface area contributed by atoms with Crippen LogP contribution < -0.4 is 0 Å². The van der Waals surface area contributed by atoms with Crippen LogP contribution in [0.15, 0.2) is 28.7 Å². The van der Waals surface area contributed by atoms with Crippen LogP contribution in [0.2, 0.25) is 5.02 Å². The molecule has 0 aliphatic rings. The van der Waals surface area contributed by atoms with Crippen LogP contribution in [0.5, 0.6) is 0 Å². The molecule has 5 nitrogen and oxygen atoms in total. The molecule has 0 unspecified atom stereocenters. The van der Waals surface area contributed by atoms with Crippen molar-refractivity contribution in [1.29, 1.82) is 0 Å². The van der Waals surface area contributed by atoms with Crippen LogP contribution in [0.4, 0.5) is 26.3 Å². The normalized spacial score (nSPS) is 12.6. The number of rotatable bonds is 4. The molecule has 0 fully saturated rings. The van der Waals surface area contributed by atoms with Gasteiger partial charge in [-0.05, 0) is 25.1 Å². The van der Waals surface area contributed by atoms with Gasteiger partial charge in [0.05, 0.1) is 22.8 Å². The minimum Gasteiger partial charge on any atom is -0.421 e. The standard InChI is InChI=1S/C16H11ClF6N4O/c1-8-12(17)13(16(21,22)23)26-27(8)6-5-11-24-25-14(28-11)9-3-2-4-10(7-9)15(18,19)20/h2-4,7H,5-6H2,1H3. The van der Waals surface area contributed by atoms with Gasteiger partial charge in [0, 0.05) is 12.0 Å². The summed E-state index contributed by atoms with van der Waals surface area (Å²) in [6.07, 6.45) is -9.19. The summed E-state index contributed by atoms with van der Waals surface area (Å²) in [7, 11) is 0. The number of hydrogen-bond donors (Lipinski definition) is 0. The lowest BCUT2D eigenvalue weighted by atomic mass is 10.1. The first-order valence-electron chi connectivity index (χ1n) is 7.77. The van der Waals surface area contributed by atoms with Gasteiger partial charge in [0.2, 0.25) is 11.8 Å². The van der Waals surface area contributed by atoms with Crippen LogP contribution in [0, 0.1) is 6.92 Å². The summed E-state index contributed by atoms with van der Waals surface area (Å²) in [5, 5.41) is 10.3. The fraction of sp³-hybridized carbons (Fsp3) is 0.312. The predicted octanol–water partition coefficient (Wildman–Crippen LogP) is 5.18. The molecule has 2 aromatic heterocycles. The van der Waals surface area contributed by atoms with Crippen LogP contribution >= 0.6 is 11.6 Å². The third kappa shape index (κ3) is 4.13. The van der Waals surface area contributed by atoms with Crippen LogP contribution in [0.1, 0.15) is 22.8 Å². The number of aromatic nitrogens is 4. The van der Waals surface area contributed by atoms with Crippen molar-refractivity contribution in [2.45, 2.75) is 32.2 Å². The Balaban J connectivity index is 1.76. The van der Waals surface area contributed by atoms with E-state index in [0.717, 1.165) is 16.8 Å². The Hall–Kier alpha value is -2.56. The van der Waals surface area contributed by atoms with E-state index in [4.69, 9.17) is 16.0 Å².